The second kappa shape index (κ2) is 7.08. The van der Waals surface area contributed by atoms with Crippen molar-refractivity contribution in [3.8, 4) is 0 Å². The maximum Gasteiger partial charge on any atom is 0.199 e. The highest BCUT2D eigenvalue weighted by molar-refractivity contribution is 8.05. The fourth-order valence-electron chi connectivity index (χ4n) is 2.18. The second-order valence-corrected chi connectivity index (χ2v) is 8.00. The van der Waals surface area contributed by atoms with E-state index in [1.165, 1.54) is 6.92 Å². The Bertz CT molecular complexity index is 802. The maximum absolute atomic E-state index is 14.1. The molecule has 0 saturated heterocycles. The monoisotopic (exact) mass is 403 g/mol. The number of alkyl halides is 1. The molecule has 2 rings (SSSR count). The molecule has 0 fully saturated rings. The summed E-state index contributed by atoms with van der Waals surface area (Å²) in [5.41, 5.74) is -3.30. The van der Waals surface area contributed by atoms with Crippen LogP contribution in [0.3, 0.4) is 0 Å². The van der Waals surface area contributed by atoms with Crippen molar-refractivity contribution in [3.63, 3.8) is 0 Å². The average Bonchev–Trinajstić information content (AvgIpc) is 2.98. The molecule has 5 nitrogen and oxygen atoms in total. The van der Waals surface area contributed by atoms with Crippen molar-refractivity contribution in [1.82, 2.24) is 0 Å². The van der Waals surface area contributed by atoms with Gasteiger partial charge in [0.2, 0.25) is 0 Å². The first-order valence-corrected chi connectivity index (χ1v) is 9.11. The minimum absolute atomic E-state index is 0.0762. The lowest BCUT2D eigenvalue weighted by atomic mass is 10.1. The van der Waals surface area contributed by atoms with Gasteiger partial charge in [-0.3, -0.25) is 0 Å². The van der Waals surface area contributed by atoms with Crippen LogP contribution in [0.25, 0.3) is 0 Å². The predicted octanol–water partition coefficient (Wildman–Crippen LogP) is 3.04. The van der Waals surface area contributed by atoms with Crippen molar-refractivity contribution in [2.45, 2.75) is 31.3 Å². The van der Waals surface area contributed by atoms with E-state index < -0.39 is 67.2 Å². The van der Waals surface area contributed by atoms with Crippen molar-refractivity contribution in [3.05, 3.63) is 34.4 Å². The first kappa shape index (κ1) is 19.9. The van der Waals surface area contributed by atoms with Gasteiger partial charge in [0.05, 0.1) is 23.8 Å². The van der Waals surface area contributed by atoms with E-state index in [0.717, 1.165) is 7.11 Å². The van der Waals surface area contributed by atoms with Crippen LogP contribution >= 0.6 is 11.6 Å². The first-order valence-electron chi connectivity index (χ1n) is 6.92. The molecule has 0 N–H and O–H groups in total. The van der Waals surface area contributed by atoms with Gasteiger partial charge in [-0.05, 0) is 6.92 Å². The van der Waals surface area contributed by atoms with Crippen LogP contribution in [0.1, 0.15) is 24.5 Å². The SMILES string of the molecule is COCc1c(F)c(F)c(CS(=O)(=O)C2=NOC(C)(CCl)C2)c(F)c1F. The highest BCUT2D eigenvalue weighted by Gasteiger charge is 2.40. The van der Waals surface area contributed by atoms with Gasteiger partial charge in [0.25, 0.3) is 0 Å². The largest absolute Gasteiger partial charge is 0.387 e. The number of rotatable bonds is 5. The summed E-state index contributed by atoms with van der Waals surface area (Å²) in [5.74, 6) is -8.40. The zero-order chi connectivity index (χ0) is 19.0. The molecular formula is C14H14ClF4NO4S. The molecule has 11 heteroatoms. The van der Waals surface area contributed by atoms with E-state index >= 15 is 0 Å². The second-order valence-electron chi connectivity index (χ2n) is 5.74. The number of hydrogen-bond donors (Lipinski definition) is 0. The van der Waals surface area contributed by atoms with Gasteiger partial charge in [-0.1, -0.05) is 5.16 Å². The molecule has 1 unspecified atom stereocenters. The van der Waals surface area contributed by atoms with Crippen molar-refractivity contribution >= 4 is 26.5 Å². The minimum atomic E-state index is -4.38. The van der Waals surface area contributed by atoms with Crippen LogP contribution in [-0.4, -0.2) is 32.1 Å². The van der Waals surface area contributed by atoms with Gasteiger partial charge in [-0.15, -0.1) is 11.6 Å². The highest BCUT2D eigenvalue weighted by atomic mass is 35.5. The van der Waals surface area contributed by atoms with Crippen molar-refractivity contribution in [2.75, 3.05) is 13.0 Å². The molecule has 25 heavy (non-hydrogen) atoms. The molecule has 1 aliphatic heterocycles. The first-order chi connectivity index (χ1) is 11.6. The summed E-state index contributed by atoms with van der Waals surface area (Å²) in [6, 6.07) is 0. The van der Waals surface area contributed by atoms with Crippen LogP contribution in [0.15, 0.2) is 5.16 Å². The zero-order valence-electron chi connectivity index (χ0n) is 13.2. The molecule has 0 aliphatic carbocycles. The molecule has 1 aliphatic rings. The van der Waals surface area contributed by atoms with Gasteiger partial charge in [-0.25, -0.2) is 26.0 Å². The number of sulfone groups is 1. The van der Waals surface area contributed by atoms with Crippen LogP contribution in [0.4, 0.5) is 17.6 Å². The third kappa shape index (κ3) is 3.75. The number of oxime groups is 1. The molecule has 1 aromatic rings. The number of nitrogens with zero attached hydrogens (tertiary/aromatic N) is 1. The number of hydrogen-bond acceptors (Lipinski definition) is 5. The Labute approximate surface area is 146 Å². The van der Waals surface area contributed by atoms with Crippen LogP contribution in [-0.2, 0) is 31.8 Å². The number of ether oxygens (including phenoxy) is 1. The molecule has 0 spiro atoms. The van der Waals surface area contributed by atoms with Crippen molar-refractivity contribution < 1.29 is 35.6 Å². The molecule has 1 atom stereocenters. The summed E-state index contributed by atoms with van der Waals surface area (Å²) in [5, 5.41) is 2.87. The molecule has 0 bridgehead atoms. The Kier molecular flexibility index (Phi) is 5.65. The number of methoxy groups -OCH3 is 1. The van der Waals surface area contributed by atoms with Gasteiger partial charge in [-0.2, -0.15) is 0 Å². The van der Waals surface area contributed by atoms with E-state index in [1.807, 2.05) is 0 Å². The van der Waals surface area contributed by atoms with E-state index in [1.54, 1.807) is 0 Å². The van der Waals surface area contributed by atoms with E-state index in [9.17, 15) is 26.0 Å². The lowest BCUT2D eigenvalue weighted by Crippen LogP contribution is -2.29. The van der Waals surface area contributed by atoms with Crippen molar-refractivity contribution in [2.24, 2.45) is 5.16 Å². The summed E-state index contributed by atoms with van der Waals surface area (Å²) in [6.07, 6.45) is -0.227. The quantitative estimate of drug-likeness (QED) is 0.430. The van der Waals surface area contributed by atoms with Crippen LogP contribution in [0, 0.1) is 23.3 Å². The standard InChI is InChI=1S/C14H14ClF4NO4S/c1-14(6-15)3-9(20-24-14)25(21,22)5-8-12(18)10(16)7(4-23-2)11(17)13(8)19/h3-6H2,1-2H3. The Balaban J connectivity index is 2.41. The fraction of sp³-hybridized carbons (Fsp3) is 0.500. The summed E-state index contributed by atoms with van der Waals surface area (Å²) in [4.78, 5) is 4.91. The molecule has 0 aromatic heterocycles. The van der Waals surface area contributed by atoms with Gasteiger partial charge in [0.15, 0.2) is 43.8 Å². The third-order valence-electron chi connectivity index (χ3n) is 3.60. The summed E-state index contributed by atoms with van der Waals surface area (Å²) in [7, 11) is -3.29. The van der Waals surface area contributed by atoms with E-state index in [4.69, 9.17) is 16.4 Å². The molecular weight excluding hydrogens is 390 g/mol. The third-order valence-corrected chi connectivity index (χ3v) is 5.77. The molecule has 0 radical (unpaired) electrons. The van der Waals surface area contributed by atoms with Crippen LogP contribution in [0.5, 0.6) is 0 Å². The Morgan fingerprint density at radius 3 is 2.12 bits per heavy atom. The maximum atomic E-state index is 14.1. The van der Waals surface area contributed by atoms with Gasteiger partial charge >= 0.3 is 0 Å². The van der Waals surface area contributed by atoms with E-state index in [-0.39, 0.29) is 12.3 Å². The van der Waals surface area contributed by atoms with Gasteiger partial charge < -0.3 is 9.57 Å². The topological polar surface area (TPSA) is 65.0 Å². The molecule has 140 valence electrons. The predicted molar refractivity (Wildman–Crippen MR) is 81.9 cm³/mol. The smallest absolute Gasteiger partial charge is 0.199 e. The fourth-order valence-corrected chi connectivity index (χ4v) is 3.80. The van der Waals surface area contributed by atoms with E-state index in [0.29, 0.717) is 0 Å². The molecule has 0 saturated carbocycles. The zero-order valence-corrected chi connectivity index (χ0v) is 14.8. The van der Waals surface area contributed by atoms with Gasteiger partial charge in [0.1, 0.15) is 0 Å². The van der Waals surface area contributed by atoms with Crippen molar-refractivity contribution in [1.29, 1.82) is 0 Å². The highest BCUT2D eigenvalue weighted by Crippen LogP contribution is 2.30. The molecule has 1 aromatic carbocycles. The number of benzene rings is 1. The summed E-state index contributed by atoms with van der Waals surface area (Å²) in [6.45, 7) is 0.777. The van der Waals surface area contributed by atoms with Crippen LogP contribution < -0.4 is 0 Å². The summed E-state index contributed by atoms with van der Waals surface area (Å²) >= 11 is 5.64. The lowest BCUT2D eigenvalue weighted by molar-refractivity contribution is 0.0152. The lowest BCUT2D eigenvalue weighted by Gasteiger charge is -2.16. The summed E-state index contributed by atoms with van der Waals surface area (Å²) < 4.78 is 85.0. The number of halogens is 5. The average molecular weight is 404 g/mol. The Morgan fingerprint density at radius 2 is 1.68 bits per heavy atom. The Morgan fingerprint density at radius 1 is 1.16 bits per heavy atom. The van der Waals surface area contributed by atoms with E-state index in [2.05, 4.69) is 9.89 Å². The minimum Gasteiger partial charge on any atom is -0.387 e. The van der Waals surface area contributed by atoms with Crippen LogP contribution in [0.2, 0.25) is 0 Å². The normalized spacial score (nSPS) is 20.5. The molecule has 0 amide bonds. The Hall–Kier alpha value is -1.39. The van der Waals surface area contributed by atoms with Gasteiger partial charge in [0, 0.05) is 19.1 Å². The molecule has 1 heterocycles.